The summed E-state index contributed by atoms with van der Waals surface area (Å²) in [5, 5.41) is 0. The molecule has 6 heteroatoms. The Morgan fingerprint density at radius 2 is 2.24 bits per heavy atom. The monoisotopic (exact) mass is 341 g/mol. The number of carbonyl (C=O) groups is 1. The molecule has 25 heavy (non-hydrogen) atoms. The maximum absolute atomic E-state index is 12.8. The fraction of sp³-hybridized carbons (Fsp3) is 0.421. The predicted molar refractivity (Wildman–Crippen MR) is 94.8 cm³/mol. The zero-order valence-electron chi connectivity index (χ0n) is 14.6. The topological polar surface area (TPSA) is 75.3 Å². The third-order valence-corrected chi connectivity index (χ3v) is 4.69. The van der Waals surface area contributed by atoms with Crippen molar-refractivity contribution in [2.75, 3.05) is 20.2 Å². The Bertz CT molecular complexity index is 816. The molecular formula is C19H23N3O3. The number of nitrogens with zero attached hydrogens (tertiary/aromatic N) is 2. The first kappa shape index (κ1) is 17.2. The van der Waals surface area contributed by atoms with E-state index in [1.807, 2.05) is 36.1 Å². The molecule has 6 nitrogen and oxygen atoms in total. The van der Waals surface area contributed by atoms with Gasteiger partial charge in [0.2, 0.25) is 5.91 Å². The van der Waals surface area contributed by atoms with Crippen LogP contribution in [0.3, 0.4) is 0 Å². The smallest absolute Gasteiger partial charge is 0.345 e. The molecule has 0 aliphatic carbocycles. The van der Waals surface area contributed by atoms with E-state index in [4.69, 9.17) is 4.74 Å². The van der Waals surface area contributed by atoms with Crippen molar-refractivity contribution in [1.82, 2.24) is 14.9 Å². The number of aromatic nitrogens is 2. The van der Waals surface area contributed by atoms with Crippen molar-refractivity contribution in [2.45, 2.75) is 32.1 Å². The van der Waals surface area contributed by atoms with Crippen LogP contribution in [0, 0.1) is 6.92 Å². The van der Waals surface area contributed by atoms with Crippen molar-refractivity contribution >= 4 is 5.91 Å². The molecule has 2 heterocycles. The summed E-state index contributed by atoms with van der Waals surface area (Å²) in [6.07, 6.45) is 3.72. The molecule has 1 aliphatic heterocycles. The molecule has 1 amide bonds. The highest BCUT2D eigenvalue weighted by molar-refractivity contribution is 5.79. The number of nitrogens with one attached hydrogen (secondary N) is 1. The quantitative estimate of drug-likeness (QED) is 0.923. The molecule has 0 bridgehead atoms. The predicted octanol–water partition coefficient (Wildman–Crippen LogP) is 2.04. The summed E-state index contributed by atoms with van der Waals surface area (Å²) in [6, 6.07) is 7.70. The minimum atomic E-state index is -0.342. The molecule has 1 fully saturated rings. The Balaban J connectivity index is 1.72. The van der Waals surface area contributed by atoms with Crippen LogP contribution in [0.25, 0.3) is 0 Å². The van der Waals surface area contributed by atoms with Crippen LogP contribution in [0.5, 0.6) is 5.75 Å². The van der Waals surface area contributed by atoms with E-state index in [0.717, 1.165) is 42.0 Å². The van der Waals surface area contributed by atoms with E-state index in [0.29, 0.717) is 13.0 Å². The van der Waals surface area contributed by atoms with Gasteiger partial charge in [-0.3, -0.25) is 4.79 Å². The molecule has 0 spiro atoms. The lowest BCUT2D eigenvalue weighted by Crippen LogP contribution is -2.40. The summed E-state index contributed by atoms with van der Waals surface area (Å²) in [5.41, 5.74) is 2.53. The summed E-state index contributed by atoms with van der Waals surface area (Å²) in [4.78, 5) is 32.5. The van der Waals surface area contributed by atoms with Gasteiger partial charge in [-0.1, -0.05) is 17.7 Å². The van der Waals surface area contributed by atoms with Crippen molar-refractivity contribution in [3.05, 3.63) is 57.8 Å². The second kappa shape index (κ2) is 7.51. The van der Waals surface area contributed by atoms with Gasteiger partial charge < -0.3 is 14.6 Å². The van der Waals surface area contributed by atoms with Crippen LogP contribution in [-0.2, 0) is 11.2 Å². The molecule has 1 N–H and O–H groups in total. The molecule has 0 radical (unpaired) electrons. The van der Waals surface area contributed by atoms with Gasteiger partial charge in [-0.15, -0.1) is 0 Å². The van der Waals surface area contributed by atoms with Crippen molar-refractivity contribution in [2.24, 2.45) is 0 Å². The molecular weight excluding hydrogens is 318 g/mol. The lowest BCUT2D eigenvalue weighted by Gasteiger charge is -2.33. The third kappa shape index (κ3) is 4.07. The third-order valence-electron chi connectivity index (χ3n) is 4.69. The van der Waals surface area contributed by atoms with Crippen LogP contribution in [0.2, 0.25) is 0 Å². The number of methoxy groups -OCH3 is 1. The van der Waals surface area contributed by atoms with Crippen molar-refractivity contribution in [1.29, 1.82) is 0 Å². The molecule has 1 aromatic carbocycles. The maximum atomic E-state index is 12.8. The minimum Gasteiger partial charge on any atom is -0.496 e. The van der Waals surface area contributed by atoms with E-state index in [-0.39, 0.29) is 17.5 Å². The zero-order valence-corrected chi connectivity index (χ0v) is 14.6. The number of hydrogen-bond acceptors (Lipinski definition) is 4. The van der Waals surface area contributed by atoms with Gasteiger partial charge >= 0.3 is 5.69 Å². The van der Waals surface area contributed by atoms with Gasteiger partial charge in [0.25, 0.3) is 0 Å². The van der Waals surface area contributed by atoms with Gasteiger partial charge in [-0.05, 0) is 31.9 Å². The highest BCUT2D eigenvalue weighted by Gasteiger charge is 2.26. The van der Waals surface area contributed by atoms with Crippen molar-refractivity contribution in [3.63, 3.8) is 0 Å². The van der Waals surface area contributed by atoms with Crippen LogP contribution >= 0.6 is 0 Å². The van der Waals surface area contributed by atoms with E-state index in [1.54, 1.807) is 7.11 Å². The fourth-order valence-electron chi connectivity index (χ4n) is 3.40. The molecule has 3 rings (SSSR count). The molecule has 0 saturated carbocycles. The number of hydrogen-bond donors (Lipinski definition) is 1. The van der Waals surface area contributed by atoms with Crippen LogP contribution < -0.4 is 10.4 Å². The number of likely N-dealkylation sites (tertiary alicyclic amines) is 1. The van der Waals surface area contributed by atoms with E-state index in [9.17, 15) is 9.59 Å². The molecule has 1 saturated heterocycles. The highest BCUT2D eigenvalue weighted by atomic mass is 16.5. The summed E-state index contributed by atoms with van der Waals surface area (Å²) < 4.78 is 5.37. The number of ether oxygens (including phenoxy) is 1. The fourth-order valence-corrected chi connectivity index (χ4v) is 3.40. The molecule has 1 aliphatic rings. The number of carbonyl (C=O) groups excluding carboxylic acids is 1. The Morgan fingerprint density at radius 3 is 3.00 bits per heavy atom. The highest BCUT2D eigenvalue weighted by Crippen LogP contribution is 2.26. The Kier molecular flexibility index (Phi) is 5.16. The standard InChI is InChI=1S/C19H23N3O3/c1-13-5-6-17(25-2)15(10-13)11-18(23)22-9-3-4-14(12-22)16-7-8-20-19(24)21-16/h5-8,10,14H,3-4,9,11-12H2,1-2H3,(H,20,21,24)/t14-/m0/s1. The van der Waals surface area contributed by atoms with Crippen LogP contribution in [-0.4, -0.2) is 41.0 Å². The van der Waals surface area contributed by atoms with Crippen molar-refractivity contribution < 1.29 is 9.53 Å². The summed E-state index contributed by atoms with van der Waals surface area (Å²) in [7, 11) is 1.62. The normalized spacial score (nSPS) is 17.4. The molecule has 0 unspecified atom stereocenters. The lowest BCUT2D eigenvalue weighted by molar-refractivity contribution is -0.131. The first-order chi connectivity index (χ1) is 12.1. The summed E-state index contributed by atoms with van der Waals surface area (Å²) in [6.45, 7) is 3.37. The number of amides is 1. The van der Waals surface area contributed by atoms with Gasteiger partial charge in [0.05, 0.1) is 13.5 Å². The Morgan fingerprint density at radius 1 is 1.40 bits per heavy atom. The Labute approximate surface area is 146 Å². The van der Waals surface area contributed by atoms with E-state index < -0.39 is 0 Å². The number of aryl methyl sites for hydroxylation is 1. The van der Waals surface area contributed by atoms with Crippen molar-refractivity contribution in [3.8, 4) is 5.75 Å². The average Bonchev–Trinajstić information content (AvgIpc) is 2.62. The van der Waals surface area contributed by atoms with Crippen LogP contribution in [0.15, 0.2) is 35.3 Å². The summed E-state index contributed by atoms with van der Waals surface area (Å²) >= 11 is 0. The second-order valence-electron chi connectivity index (χ2n) is 6.50. The maximum Gasteiger partial charge on any atom is 0.345 e. The molecule has 1 atom stereocenters. The Hall–Kier alpha value is -2.63. The van der Waals surface area contributed by atoms with Crippen LogP contribution in [0.4, 0.5) is 0 Å². The summed E-state index contributed by atoms with van der Waals surface area (Å²) in [5.74, 6) is 0.976. The first-order valence-corrected chi connectivity index (χ1v) is 8.53. The van der Waals surface area contributed by atoms with Gasteiger partial charge in [0.1, 0.15) is 5.75 Å². The minimum absolute atomic E-state index is 0.0880. The van der Waals surface area contributed by atoms with Gasteiger partial charge in [-0.2, -0.15) is 0 Å². The second-order valence-corrected chi connectivity index (χ2v) is 6.50. The van der Waals surface area contributed by atoms with Gasteiger partial charge in [-0.25, -0.2) is 9.78 Å². The molecule has 2 aromatic rings. The number of H-pyrrole nitrogens is 1. The van der Waals surface area contributed by atoms with Gasteiger partial charge in [0.15, 0.2) is 0 Å². The number of benzene rings is 1. The largest absolute Gasteiger partial charge is 0.496 e. The SMILES string of the molecule is COc1ccc(C)cc1CC(=O)N1CCC[C@H](c2ccnc(=O)[nH]2)C1. The number of aromatic amines is 1. The van der Waals surface area contributed by atoms with Gasteiger partial charge in [0, 0.05) is 36.5 Å². The van der Waals surface area contributed by atoms with E-state index in [2.05, 4.69) is 9.97 Å². The van der Waals surface area contributed by atoms with Crippen LogP contribution in [0.1, 0.15) is 35.6 Å². The first-order valence-electron chi connectivity index (χ1n) is 8.53. The molecule has 1 aromatic heterocycles. The zero-order chi connectivity index (χ0) is 17.8. The van der Waals surface area contributed by atoms with E-state index >= 15 is 0 Å². The number of piperidine rings is 1. The molecule has 132 valence electrons. The van der Waals surface area contributed by atoms with E-state index in [1.165, 1.54) is 6.20 Å². The average molecular weight is 341 g/mol. The lowest BCUT2D eigenvalue weighted by atomic mass is 9.94. The number of rotatable bonds is 4.